The zero-order valence-corrected chi connectivity index (χ0v) is 14.4. The number of amides is 2. The summed E-state index contributed by atoms with van der Waals surface area (Å²) in [5.41, 5.74) is 3.19. The molecule has 3 rings (SSSR count). The quantitative estimate of drug-likeness (QED) is 0.917. The first-order chi connectivity index (χ1) is 11.7. The maximum absolute atomic E-state index is 13.2. The summed E-state index contributed by atoms with van der Waals surface area (Å²) in [6.45, 7) is 2.49. The number of para-hydroxylation sites is 2. The average Bonchev–Trinajstić information content (AvgIpc) is 2.78. The molecule has 124 valence electrons. The van der Waals surface area contributed by atoms with E-state index < -0.39 is 0 Å². The molecule has 0 aromatic heterocycles. The first-order valence-corrected chi connectivity index (χ1v) is 9.22. The highest BCUT2D eigenvalue weighted by molar-refractivity contribution is 7.98. The van der Waals surface area contributed by atoms with Crippen molar-refractivity contribution in [2.75, 3.05) is 22.5 Å². The molecular formula is C19H20N2O2S. The van der Waals surface area contributed by atoms with E-state index in [9.17, 15) is 9.59 Å². The molecule has 0 radical (unpaired) electrons. The average molecular weight is 340 g/mol. The van der Waals surface area contributed by atoms with E-state index in [1.165, 1.54) is 0 Å². The van der Waals surface area contributed by atoms with E-state index in [0.29, 0.717) is 24.2 Å². The maximum atomic E-state index is 13.2. The lowest BCUT2D eigenvalue weighted by atomic mass is 10.1. The molecule has 2 aromatic rings. The van der Waals surface area contributed by atoms with E-state index >= 15 is 0 Å². The van der Waals surface area contributed by atoms with Gasteiger partial charge in [0.2, 0.25) is 5.91 Å². The molecule has 0 saturated carbocycles. The van der Waals surface area contributed by atoms with E-state index in [0.717, 1.165) is 22.8 Å². The SMILES string of the molecule is CCSCc1ccccc1C(=O)N1CCC(=O)Nc2ccccc21. The van der Waals surface area contributed by atoms with E-state index in [4.69, 9.17) is 0 Å². The Morgan fingerprint density at radius 2 is 1.92 bits per heavy atom. The Kier molecular flexibility index (Phi) is 5.20. The predicted molar refractivity (Wildman–Crippen MR) is 99.6 cm³/mol. The number of thioether (sulfide) groups is 1. The third-order valence-corrected chi connectivity index (χ3v) is 4.91. The van der Waals surface area contributed by atoms with Gasteiger partial charge >= 0.3 is 0 Å². The summed E-state index contributed by atoms with van der Waals surface area (Å²) < 4.78 is 0. The monoisotopic (exact) mass is 340 g/mol. The number of carbonyl (C=O) groups is 2. The van der Waals surface area contributed by atoms with Crippen LogP contribution in [0.5, 0.6) is 0 Å². The Morgan fingerprint density at radius 1 is 1.17 bits per heavy atom. The van der Waals surface area contributed by atoms with Crippen LogP contribution in [0.3, 0.4) is 0 Å². The number of anilines is 2. The normalized spacial score (nSPS) is 13.9. The molecule has 24 heavy (non-hydrogen) atoms. The number of fused-ring (bicyclic) bond motifs is 1. The predicted octanol–water partition coefficient (Wildman–Crippen LogP) is 3.93. The minimum atomic E-state index is -0.0624. The lowest BCUT2D eigenvalue weighted by Crippen LogP contribution is -2.32. The fourth-order valence-electron chi connectivity index (χ4n) is 2.78. The van der Waals surface area contributed by atoms with E-state index in [1.54, 1.807) is 16.7 Å². The van der Waals surface area contributed by atoms with Crippen molar-refractivity contribution in [2.24, 2.45) is 0 Å². The van der Waals surface area contributed by atoms with Gasteiger partial charge in [0.15, 0.2) is 0 Å². The van der Waals surface area contributed by atoms with Gasteiger partial charge in [0.25, 0.3) is 5.91 Å². The summed E-state index contributed by atoms with van der Waals surface area (Å²) in [5, 5.41) is 2.87. The maximum Gasteiger partial charge on any atom is 0.258 e. The van der Waals surface area contributed by atoms with Gasteiger partial charge in [-0.3, -0.25) is 9.59 Å². The summed E-state index contributed by atoms with van der Waals surface area (Å²) >= 11 is 1.79. The van der Waals surface area contributed by atoms with E-state index in [-0.39, 0.29) is 11.8 Å². The van der Waals surface area contributed by atoms with Crippen molar-refractivity contribution < 1.29 is 9.59 Å². The van der Waals surface area contributed by atoms with Gasteiger partial charge in [-0.15, -0.1) is 0 Å². The van der Waals surface area contributed by atoms with Crippen LogP contribution in [-0.2, 0) is 10.5 Å². The lowest BCUT2D eigenvalue weighted by molar-refractivity contribution is -0.115. The topological polar surface area (TPSA) is 49.4 Å². The van der Waals surface area contributed by atoms with Gasteiger partial charge in [0.1, 0.15) is 0 Å². The number of rotatable bonds is 4. The van der Waals surface area contributed by atoms with Crippen molar-refractivity contribution in [2.45, 2.75) is 19.1 Å². The van der Waals surface area contributed by atoms with Crippen molar-refractivity contribution in [1.29, 1.82) is 0 Å². The van der Waals surface area contributed by atoms with Crippen LogP contribution in [0.4, 0.5) is 11.4 Å². The van der Waals surface area contributed by atoms with Crippen molar-refractivity contribution in [3.8, 4) is 0 Å². The summed E-state index contributed by atoms with van der Waals surface area (Å²) in [4.78, 5) is 26.8. The van der Waals surface area contributed by atoms with Gasteiger partial charge in [-0.1, -0.05) is 37.3 Å². The van der Waals surface area contributed by atoms with Crippen LogP contribution in [0.1, 0.15) is 29.3 Å². The Labute approximate surface area is 146 Å². The van der Waals surface area contributed by atoms with Gasteiger partial charge in [-0.05, 0) is 29.5 Å². The molecule has 1 N–H and O–H groups in total. The zero-order valence-electron chi connectivity index (χ0n) is 13.6. The molecule has 0 fully saturated rings. The zero-order chi connectivity index (χ0) is 16.9. The molecule has 2 aromatic carbocycles. The fraction of sp³-hybridized carbons (Fsp3) is 0.263. The van der Waals surface area contributed by atoms with Crippen LogP contribution >= 0.6 is 11.8 Å². The van der Waals surface area contributed by atoms with E-state index in [1.807, 2.05) is 48.5 Å². The molecule has 1 aliphatic rings. The summed E-state index contributed by atoms with van der Waals surface area (Å²) in [7, 11) is 0. The van der Waals surface area contributed by atoms with Crippen LogP contribution in [-0.4, -0.2) is 24.1 Å². The molecule has 0 spiro atoms. The molecule has 2 amide bonds. The first kappa shape index (κ1) is 16.6. The third kappa shape index (κ3) is 3.46. The van der Waals surface area contributed by atoms with Crippen LogP contribution in [0, 0.1) is 0 Å². The molecule has 1 heterocycles. The highest BCUT2D eigenvalue weighted by atomic mass is 32.2. The van der Waals surface area contributed by atoms with Crippen molar-refractivity contribution in [1.82, 2.24) is 0 Å². The molecule has 5 heteroatoms. The largest absolute Gasteiger partial charge is 0.324 e. The van der Waals surface area contributed by atoms with Gasteiger partial charge in [-0.25, -0.2) is 0 Å². The lowest BCUT2D eigenvalue weighted by Gasteiger charge is -2.23. The second-order valence-electron chi connectivity index (χ2n) is 5.57. The van der Waals surface area contributed by atoms with Crippen molar-refractivity contribution in [3.05, 3.63) is 59.7 Å². The number of nitrogens with one attached hydrogen (secondary N) is 1. The summed E-state index contributed by atoms with van der Waals surface area (Å²) in [5.74, 6) is 1.71. The highest BCUT2D eigenvalue weighted by Crippen LogP contribution is 2.30. The van der Waals surface area contributed by atoms with Gasteiger partial charge in [-0.2, -0.15) is 11.8 Å². The fourth-order valence-corrected chi connectivity index (χ4v) is 3.46. The van der Waals surface area contributed by atoms with Crippen LogP contribution < -0.4 is 10.2 Å². The second kappa shape index (κ2) is 7.53. The Hall–Kier alpha value is -2.27. The first-order valence-electron chi connectivity index (χ1n) is 8.07. The van der Waals surface area contributed by atoms with Gasteiger partial charge in [0, 0.05) is 24.3 Å². The van der Waals surface area contributed by atoms with Crippen LogP contribution in [0.2, 0.25) is 0 Å². The Bertz CT molecular complexity index is 761. The van der Waals surface area contributed by atoms with Crippen LogP contribution in [0.25, 0.3) is 0 Å². The molecule has 1 aliphatic heterocycles. The minimum absolute atomic E-state index is 0.0498. The molecule has 0 saturated heterocycles. The molecule has 0 bridgehead atoms. The Morgan fingerprint density at radius 3 is 2.75 bits per heavy atom. The number of nitrogens with zero attached hydrogens (tertiary/aromatic N) is 1. The summed E-state index contributed by atoms with van der Waals surface area (Å²) in [6.07, 6.45) is 0.298. The number of benzene rings is 2. The molecule has 4 nitrogen and oxygen atoms in total. The van der Waals surface area contributed by atoms with Crippen molar-refractivity contribution in [3.63, 3.8) is 0 Å². The number of hydrogen-bond donors (Lipinski definition) is 1. The number of carbonyl (C=O) groups excluding carboxylic acids is 2. The number of hydrogen-bond acceptors (Lipinski definition) is 3. The standard InChI is InChI=1S/C19H20N2O2S/c1-2-24-13-14-7-3-4-8-15(14)19(23)21-12-11-18(22)20-16-9-5-6-10-17(16)21/h3-10H,2,11-13H2,1H3,(H,20,22). The van der Waals surface area contributed by atoms with E-state index in [2.05, 4.69) is 12.2 Å². The second-order valence-corrected chi connectivity index (χ2v) is 6.84. The molecule has 0 unspecified atom stereocenters. The third-order valence-electron chi connectivity index (χ3n) is 3.99. The van der Waals surface area contributed by atoms with Crippen LogP contribution in [0.15, 0.2) is 48.5 Å². The van der Waals surface area contributed by atoms with Crippen molar-refractivity contribution >= 4 is 35.0 Å². The van der Waals surface area contributed by atoms with Gasteiger partial charge in [0.05, 0.1) is 11.4 Å². The van der Waals surface area contributed by atoms with Gasteiger partial charge < -0.3 is 10.2 Å². The minimum Gasteiger partial charge on any atom is -0.324 e. The summed E-state index contributed by atoms with van der Waals surface area (Å²) in [6, 6.07) is 15.2. The highest BCUT2D eigenvalue weighted by Gasteiger charge is 2.25. The smallest absolute Gasteiger partial charge is 0.258 e. The molecule has 0 atom stereocenters. The molecular weight excluding hydrogens is 320 g/mol. The molecule has 0 aliphatic carbocycles. The Balaban J connectivity index is 1.97.